The van der Waals surface area contributed by atoms with Crippen LogP contribution in [0, 0.1) is 0 Å². The highest BCUT2D eigenvalue weighted by Gasteiger charge is 2.10. The van der Waals surface area contributed by atoms with Crippen molar-refractivity contribution in [3.05, 3.63) is 47.5 Å². The molecule has 0 atom stereocenters. The van der Waals surface area contributed by atoms with Crippen LogP contribution < -0.4 is 5.73 Å². The molecule has 0 amide bonds. The largest absolute Gasteiger partial charge is 0.330 e. The summed E-state index contributed by atoms with van der Waals surface area (Å²) in [7, 11) is 0. The average molecular weight is 368 g/mol. The minimum atomic E-state index is 0. The Morgan fingerprint density at radius 2 is 1.77 bits per heavy atom. The molecule has 0 bridgehead atoms. The molecule has 22 heavy (non-hydrogen) atoms. The fourth-order valence-electron chi connectivity index (χ4n) is 2.15. The Morgan fingerprint density at radius 3 is 2.23 bits per heavy atom. The van der Waals surface area contributed by atoms with Gasteiger partial charge in [0.05, 0.1) is 0 Å². The predicted molar refractivity (Wildman–Crippen MR) is 104 cm³/mol. The van der Waals surface area contributed by atoms with E-state index in [0.717, 1.165) is 26.1 Å². The first-order valence-corrected chi connectivity index (χ1v) is 7.83. The molecular formula is C17H29Cl3N2. The van der Waals surface area contributed by atoms with Crippen molar-refractivity contribution in [2.75, 3.05) is 19.6 Å². The zero-order valence-electron chi connectivity index (χ0n) is 13.5. The van der Waals surface area contributed by atoms with Crippen LogP contribution in [0.25, 0.3) is 0 Å². The molecule has 1 aromatic carbocycles. The molecule has 0 unspecified atom stereocenters. The maximum absolute atomic E-state index is 5.56. The van der Waals surface area contributed by atoms with Crippen molar-refractivity contribution in [1.82, 2.24) is 4.90 Å². The minimum Gasteiger partial charge on any atom is -0.330 e. The lowest BCUT2D eigenvalue weighted by Crippen LogP contribution is -2.28. The van der Waals surface area contributed by atoms with Gasteiger partial charge in [0.1, 0.15) is 0 Å². The van der Waals surface area contributed by atoms with E-state index in [0.29, 0.717) is 5.38 Å². The van der Waals surface area contributed by atoms with E-state index in [1.165, 1.54) is 24.1 Å². The number of rotatable bonds is 4. The number of hydrogen-bond acceptors (Lipinski definition) is 2. The van der Waals surface area contributed by atoms with Crippen LogP contribution in [0.2, 0.25) is 0 Å². The molecule has 0 aliphatic carbocycles. The second-order valence-electron chi connectivity index (χ2n) is 5.39. The van der Waals surface area contributed by atoms with E-state index < -0.39 is 0 Å². The standard InChI is InChI=1S/C14H20N2.C3H7Cl.2ClH/c15-9-6-13-7-10-16(11-8-13)12-14-4-2-1-3-5-14;1-3(2)4;;/h1-5,7H,6,8-12,15H2;3H,1-2H3;2*1H. The van der Waals surface area contributed by atoms with Gasteiger partial charge in [-0.3, -0.25) is 4.90 Å². The lowest BCUT2D eigenvalue weighted by Gasteiger charge is -2.26. The molecule has 1 aliphatic heterocycles. The van der Waals surface area contributed by atoms with Crippen molar-refractivity contribution in [2.24, 2.45) is 5.73 Å². The van der Waals surface area contributed by atoms with E-state index in [9.17, 15) is 0 Å². The highest BCUT2D eigenvalue weighted by atomic mass is 35.5. The summed E-state index contributed by atoms with van der Waals surface area (Å²) >= 11 is 5.27. The van der Waals surface area contributed by atoms with Crippen LogP contribution in [-0.4, -0.2) is 29.9 Å². The van der Waals surface area contributed by atoms with Gasteiger partial charge in [0, 0.05) is 25.0 Å². The molecule has 0 aromatic heterocycles. The lowest BCUT2D eigenvalue weighted by atomic mass is 10.0. The average Bonchev–Trinajstić information content (AvgIpc) is 2.42. The molecule has 1 aliphatic rings. The number of hydrogen-bond donors (Lipinski definition) is 1. The van der Waals surface area contributed by atoms with Gasteiger partial charge < -0.3 is 5.73 Å². The van der Waals surface area contributed by atoms with Gasteiger partial charge in [-0.15, -0.1) is 36.4 Å². The van der Waals surface area contributed by atoms with Crippen molar-refractivity contribution in [3.63, 3.8) is 0 Å². The molecule has 1 aromatic rings. The number of alkyl halides is 1. The minimum absolute atomic E-state index is 0. The molecule has 1 heterocycles. The molecule has 2 nitrogen and oxygen atoms in total. The summed E-state index contributed by atoms with van der Waals surface area (Å²) in [5.74, 6) is 0. The smallest absolute Gasteiger partial charge is 0.0279 e. The first-order valence-electron chi connectivity index (χ1n) is 7.40. The number of halogens is 3. The molecule has 0 saturated carbocycles. The molecule has 0 fully saturated rings. The van der Waals surface area contributed by atoms with Gasteiger partial charge in [0.15, 0.2) is 0 Å². The van der Waals surface area contributed by atoms with E-state index in [1.807, 2.05) is 13.8 Å². The van der Waals surface area contributed by atoms with Gasteiger partial charge in [0.25, 0.3) is 0 Å². The van der Waals surface area contributed by atoms with Crippen molar-refractivity contribution in [3.8, 4) is 0 Å². The van der Waals surface area contributed by atoms with Crippen molar-refractivity contribution in [1.29, 1.82) is 0 Å². The number of benzene rings is 1. The first-order chi connectivity index (χ1) is 9.61. The van der Waals surface area contributed by atoms with E-state index in [4.69, 9.17) is 17.3 Å². The van der Waals surface area contributed by atoms with Gasteiger partial charge in [0.2, 0.25) is 0 Å². The van der Waals surface area contributed by atoms with Gasteiger partial charge in [-0.05, 0) is 38.8 Å². The fourth-order valence-corrected chi connectivity index (χ4v) is 2.15. The van der Waals surface area contributed by atoms with E-state index in [-0.39, 0.29) is 24.8 Å². The van der Waals surface area contributed by atoms with Gasteiger partial charge >= 0.3 is 0 Å². The van der Waals surface area contributed by atoms with E-state index in [1.54, 1.807) is 0 Å². The van der Waals surface area contributed by atoms with Crippen LogP contribution >= 0.6 is 36.4 Å². The third kappa shape index (κ3) is 11.3. The molecule has 5 heteroatoms. The molecule has 0 radical (unpaired) electrons. The topological polar surface area (TPSA) is 29.3 Å². The van der Waals surface area contributed by atoms with Gasteiger partial charge in [-0.2, -0.15) is 0 Å². The highest BCUT2D eigenvalue weighted by molar-refractivity contribution is 6.20. The summed E-state index contributed by atoms with van der Waals surface area (Å²) < 4.78 is 0. The fraction of sp³-hybridized carbons (Fsp3) is 0.529. The van der Waals surface area contributed by atoms with Crippen LogP contribution in [0.5, 0.6) is 0 Å². The van der Waals surface area contributed by atoms with Crippen LogP contribution in [0.3, 0.4) is 0 Å². The van der Waals surface area contributed by atoms with Gasteiger partial charge in [-0.25, -0.2) is 0 Å². The Morgan fingerprint density at radius 1 is 1.18 bits per heavy atom. The summed E-state index contributed by atoms with van der Waals surface area (Å²) in [5, 5.41) is 0.306. The second kappa shape index (κ2) is 14.3. The van der Waals surface area contributed by atoms with E-state index >= 15 is 0 Å². The normalized spacial score (nSPS) is 14.1. The molecular weight excluding hydrogens is 339 g/mol. The summed E-state index contributed by atoms with van der Waals surface area (Å²) in [6.07, 6.45) is 4.60. The Kier molecular flexibility index (Phi) is 15.7. The first kappa shape index (κ1) is 24.0. The maximum atomic E-state index is 5.56. The Labute approximate surface area is 152 Å². The van der Waals surface area contributed by atoms with Crippen LogP contribution in [-0.2, 0) is 6.54 Å². The number of nitrogens with zero attached hydrogens (tertiary/aromatic N) is 1. The second-order valence-corrected chi connectivity index (χ2v) is 6.26. The van der Waals surface area contributed by atoms with Gasteiger partial charge in [-0.1, -0.05) is 42.0 Å². The Balaban J connectivity index is 0. The Hall–Kier alpha value is -0.250. The third-order valence-corrected chi connectivity index (χ3v) is 3.10. The van der Waals surface area contributed by atoms with Crippen LogP contribution in [0.4, 0.5) is 0 Å². The third-order valence-electron chi connectivity index (χ3n) is 3.10. The summed E-state index contributed by atoms with van der Waals surface area (Å²) in [6.45, 7) is 7.95. The molecule has 2 N–H and O–H groups in total. The van der Waals surface area contributed by atoms with Crippen molar-refractivity contribution in [2.45, 2.75) is 38.6 Å². The summed E-state index contributed by atoms with van der Waals surface area (Å²) in [5.41, 5.74) is 8.50. The molecule has 128 valence electrons. The van der Waals surface area contributed by atoms with Crippen molar-refractivity contribution < 1.29 is 0 Å². The van der Waals surface area contributed by atoms with Crippen LogP contribution in [0.15, 0.2) is 42.0 Å². The SMILES string of the molecule is CC(C)Cl.Cl.Cl.NCCC1=CCN(Cc2ccccc2)CC1. The van der Waals surface area contributed by atoms with Crippen LogP contribution in [0.1, 0.15) is 32.3 Å². The number of nitrogens with two attached hydrogens (primary N) is 1. The maximum Gasteiger partial charge on any atom is 0.0279 e. The summed E-state index contributed by atoms with van der Waals surface area (Å²) in [4.78, 5) is 2.48. The predicted octanol–water partition coefficient (Wildman–Crippen LogP) is 4.64. The monoisotopic (exact) mass is 366 g/mol. The zero-order chi connectivity index (χ0) is 14.8. The molecule has 0 saturated heterocycles. The highest BCUT2D eigenvalue weighted by Crippen LogP contribution is 2.15. The summed E-state index contributed by atoms with van der Waals surface area (Å²) in [6, 6.07) is 10.7. The lowest BCUT2D eigenvalue weighted by molar-refractivity contribution is 0.284. The van der Waals surface area contributed by atoms with E-state index in [2.05, 4.69) is 41.3 Å². The van der Waals surface area contributed by atoms with Crippen molar-refractivity contribution >= 4 is 36.4 Å². The Bertz CT molecular complexity index is 391. The molecule has 0 spiro atoms. The zero-order valence-corrected chi connectivity index (χ0v) is 15.9. The molecule has 2 rings (SSSR count). The quantitative estimate of drug-likeness (QED) is 0.620.